The van der Waals surface area contributed by atoms with Crippen molar-refractivity contribution < 1.29 is 4.79 Å². The number of carbonyl (C=O) groups excluding carboxylic acids is 1. The van der Waals surface area contributed by atoms with Gasteiger partial charge in [0.1, 0.15) is 6.04 Å². The van der Waals surface area contributed by atoms with Crippen molar-refractivity contribution in [3.8, 4) is 0 Å². The number of hydrogen-bond donors (Lipinski definition) is 1. The molecule has 1 aliphatic rings. The standard InChI is InChI=1S/C17H22N4OS/c18-16(14-4-2-1-3-5-14)17(22)21-11-9-20(10-12-21)8-6-15-19-7-13-23-15/h1-5,7,13,16H,6,8-12,18H2/t16-/m1/s1. The fourth-order valence-corrected chi connectivity index (χ4v) is 3.43. The summed E-state index contributed by atoms with van der Waals surface area (Å²) >= 11 is 1.70. The van der Waals surface area contributed by atoms with Crippen molar-refractivity contribution in [1.29, 1.82) is 0 Å². The first-order valence-corrected chi connectivity index (χ1v) is 8.82. The quantitative estimate of drug-likeness (QED) is 0.903. The number of piperazine rings is 1. The van der Waals surface area contributed by atoms with Crippen LogP contribution in [0.25, 0.3) is 0 Å². The molecule has 1 aromatic carbocycles. The van der Waals surface area contributed by atoms with Crippen molar-refractivity contribution >= 4 is 17.2 Å². The molecule has 0 aliphatic carbocycles. The highest BCUT2D eigenvalue weighted by atomic mass is 32.1. The Morgan fingerprint density at radius 1 is 1.22 bits per heavy atom. The van der Waals surface area contributed by atoms with Gasteiger partial charge in [0, 0.05) is 50.7 Å². The van der Waals surface area contributed by atoms with Gasteiger partial charge in [-0.3, -0.25) is 9.69 Å². The minimum Gasteiger partial charge on any atom is -0.338 e. The predicted octanol–water partition coefficient (Wildman–Crippen LogP) is 1.53. The highest BCUT2D eigenvalue weighted by Gasteiger charge is 2.25. The van der Waals surface area contributed by atoms with E-state index >= 15 is 0 Å². The monoisotopic (exact) mass is 330 g/mol. The van der Waals surface area contributed by atoms with E-state index in [1.54, 1.807) is 11.3 Å². The lowest BCUT2D eigenvalue weighted by Gasteiger charge is -2.35. The van der Waals surface area contributed by atoms with E-state index in [-0.39, 0.29) is 5.91 Å². The van der Waals surface area contributed by atoms with Gasteiger partial charge in [0.15, 0.2) is 0 Å². The highest BCUT2D eigenvalue weighted by Crippen LogP contribution is 2.15. The van der Waals surface area contributed by atoms with Gasteiger partial charge in [-0.1, -0.05) is 30.3 Å². The summed E-state index contributed by atoms with van der Waals surface area (Å²) in [6, 6.07) is 9.03. The summed E-state index contributed by atoms with van der Waals surface area (Å²) in [5.41, 5.74) is 6.99. The summed E-state index contributed by atoms with van der Waals surface area (Å²) in [4.78, 5) is 21.1. The lowest BCUT2D eigenvalue weighted by Crippen LogP contribution is -2.51. The molecule has 23 heavy (non-hydrogen) atoms. The van der Waals surface area contributed by atoms with Crippen molar-refractivity contribution in [3.05, 3.63) is 52.5 Å². The van der Waals surface area contributed by atoms with Gasteiger partial charge in [0.25, 0.3) is 0 Å². The van der Waals surface area contributed by atoms with E-state index in [0.717, 1.165) is 44.7 Å². The van der Waals surface area contributed by atoms with Crippen LogP contribution in [0.15, 0.2) is 41.9 Å². The second-order valence-electron chi connectivity index (χ2n) is 5.73. The van der Waals surface area contributed by atoms with Gasteiger partial charge < -0.3 is 10.6 Å². The van der Waals surface area contributed by atoms with Gasteiger partial charge in [-0.15, -0.1) is 11.3 Å². The summed E-state index contributed by atoms with van der Waals surface area (Å²) in [7, 11) is 0. The number of rotatable bonds is 5. The fourth-order valence-electron chi connectivity index (χ4n) is 2.82. The zero-order valence-corrected chi connectivity index (χ0v) is 13.9. The number of carbonyl (C=O) groups is 1. The van der Waals surface area contributed by atoms with Crippen molar-refractivity contribution in [3.63, 3.8) is 0 Å². The second kappa shape index (κ2) is 7.68. The maximum Gasteiger partial charge on any atom is 0.244 e. The molecule has 0 unspecified atom stereocenters. The molecule has 2 N–H and O–H groups in total. The Morgan fingerprint density at radius 2 is 1.96 bits per heavy atom. The van der Waals surface area contributed by atoms with Crippen LogP contribution in [0.5, 0.6) is 0 Å². The molecule has 1 fully saturated rings. The lowest BCUT2D eigenvalue weighted by molar-refractivity contribution is -0.134. The van der Waals surface area contributed by atoms with E-state index in [4.69, 9.17) is 5.73 Å². The van der Waals surface area contributed by atoms with E-state index in [2.05, 4.69) is 9.88 Å². The summed E-state index contributed by atoms with van der Waals surface area (Å²) in [5.74, 6) is 0.0239. The molecule has 0 spiro atoms. The summed E-state index contributed by atoms with van der Waals surface area (Å²) in [6.45, 7) is 4.30. The van der Waals surface area contributed by atoms with Crippen molar-refractivity contribution in [2.75, 3.05) is 32.7 Å². The zero-order chi connectivity index (χ0) is 16.1. The molecule has 2 heterocycles. The van der Waals surface area contributed by atoms with Crippen LogP contribution in [0.1, 0.15) is 16.6 Å². The first kappa shape index (κ1) is 16.1. The van der Waals surface area contributed by atoms with Crippen LogP contribution in [-0.2, 0) is 11.2 Å². The number of benzene rings is 1. The lowest BCUT2D eigenvalue weighted by atomic mass is 10.1. The smallest absolute Gasteiger partial charge is 0.244 e. The van der Waals surface area contributed by atoms with Gasteiger partial charge in [-0.25, -0.2) is 4.98 Å². The molecule has 1 aliphatic heterocycles. The number of nitrogens with zero attached hydrogens (tertiary/aromatic N) is 3. The molecule has 2 aromatic rings. The normalized spacial score (nSPS) is 17.2. The van der Waals surface area contributed by atoms with Crippen LogP contribution in [0.4, 0.5) is 0 Å². The van der Waals surface area contributed by atoms with Crippen LogP contribution in [-0.4, -0.2) is 53.4 Å². The Kier molecular flexibility index (Phi) is 5.38. The third kappa shape index (κ3) is 4.16. The molecule has 0 bridgehead atoms. The fraction of sp³-hybridized carbons (Fsp3) is 0.412. The maximum absolute atomic E-state index is 12.5. The third-order valence-electron chi connectivity index (χ3n) is 4.23. The molecule has 1 atom stereocenters. The average Bonchev–Trinajstić information content (AvgIpc) is 3.13. The largest absolute Gasteiger partial charge is 0.338 e. The molecular weight excluding hydrogens is 308 g/mol. The van der Waals surface area contributed by atoms with Crippen LogP contribution in [0.3, 0.4) is 0 Å². The topological polar surface area (TPSA) is 62.5 Å². The zero-order valence-electron chi connectivity index (χ0n) is 13.1. The van der Waals surface area contributed by atoms with Crippen LogP contribution >= 0.6 is 11.3 Å². The Morgan fingerprint density at radius 3 is 2.61 bits per heavy atom. The van der Waals surface area contributed by atoms with E-state index in [1.807, 2.05) is 46.8 Å². The summed E-state index contributed by atoms with van der Waals surface area (Å²) < 4.78 is 0. The van der Waals surface area contributed by atoms with Crippen LogP contribution in [0.2, 0.25) is 0 Å². The van der Waals surface area contributed by atoms with Gasteiger partial charge in [-0.05, 0) is 5.56 Å². The molecule has 1 amide bonds. The third-order valence-corrected chi connectivity index (χ3v) is 5.07. The van der Waals surface area contributed by atoms with Crippen molar-refractivity contribution in [2.45, 2.75) is 12.5 Å². The Balaban J connectivity index is 1.47. The minimum absolute atomic E-state index is 0.0239. The summed E-state index contributed by atoms with van der Waals surface area (Å²) in [6.07, 6.45) is 2.83. The van der Waals surface area contributed by atoms with E-state index in [9.17, 15) is 4.79 Å². The van der Waals surface area contributed by atoms with Gasteiger partial charge in [0.05, 0.1) is 5.01 Å². The maximum atomic E-state index is 12.5. The number of aromatic nitrogens is 1. The van der Waals surface area contributed by atoms with E-state index in [1.165, 1.54) is 5.01 Å². The van der Waals surface area contributed by atoms with Gasteiger partial charge in [-0.2, -0.15) is 0 Å². The van der Waals surface area contributed by atoms with Crippen LogP contribution < -0.4 is 5.73 Å². The molecule has 1 saturated heterocycles. The predicted molar refractivity (Wildman–Crippen MR) is 92.2 cm³/mol. The molecule has 6 heteroatoms. The van der Waals surface area contributed by atoms with E-state index < -0.39 is 6.04 Å². The molecule has 3 rings (SSSR count). The molecule has 0 saturated carbocycles. The first-order valence-electron chi connectivity index (χ1n) is 7.94. The molecular formula is C17H22N4OS. The number of amides is 1. The molecule has 5 nitrogen and oxygen atoms in total. The second-order valence-corrected chi connectivity index (χ2v) is 6.71. The van der Waals surface area contributed by atoms with Crippen molar-refractivity contribution in [2.24, 2.45) is 5.73 Å². The van der Waals surface area contributed by atoms with Gasteiger partial charge in [0.2, 0.25) is 5.91 Å². The van der Waals surface area contributed by atoms with Gasteiger partial charge >= 0.3 is 0 Å². The average molecular weight is 330 g/mol. The van der Waals surface area contributed by atoms with E-state index in [0.29, 0.717) is 0 Å². The number of thiazole rings is 1. The Labute approximate surface area is 140 Å². The Bertz CT molecular complexity index is 609. The molecule has 1 aromatic heterocycles. The SMILES string of the molecule is N[C@@H](C(=O)N1CCN(CCc2nccs2)CC1)c1ccccc1. The minimum atomic E-state index is -0.557. The number of nitrogens with two attached hydrogens (primary N) is 1. The van der Waals surface area contributed by atoms with Crippen LogP contribution in [0, 0.1) is 0 Å². The van der Waals surface area contributed by atoms with Crippen molar-refractivity contribution in [1.82, 2.24) is 14.8 Å². The first-order chi connectivity index (χ1) is 11.2. The molecule has 0 radical (unpaired) electrons. The Hall–Kier alpha value is -1.76. The molecule has 122 valence electrons. The number of hydrogen-bond acceptors (Lipinski definition) is 5. The summed E-state index contributed by atoms with van der Waals surface area (Å²) in [5, 5.41) is 3.19. The highest BCUT2D eigenvalue weighted by molar-refractivity contribution is 7.09.